The number of amides is 4. The van der Waals surface area contributed by atoms with E-state index in [0.29, 0.717) is 12.8 Å². The van der Waals surface area contributed by atoms with Gasteiger partial charge in [0.25, 0.3) is 11.6 Å². The van der Waals surface area contributed by atoms with Crippen molar-refractivity contribution >= 4 is 35.6 Å². The number of allylic oxidation sites excluding steroid dienone is 3. The summed E-state index contributed by atoms with van der Waals surface area (Å²) >= 11 is 0. The van der Waals surface area contributed by atoms with Crippen LogP contribution in [-0.4, -0.2) is 396 Å². The van der Waals surface area contributed by atoms with Gasteiger partial charge in [0.05, 0.1) is 82.7 Å². The molecule has 0 aromatic heterocycles. The van der Waals surface area contributed by atoms with Crippen LogP contribution in [0.1, 0.15) is 253 Å². The van der Waals surface area contributed by atoms with Crippen molar-refractivity contribution < 1.29 is 193 Å². The molecular formula is C90H158N4O39. The largest absolute Gasteiger partial charge is 0.477 e. The number of aliphatic hydroxyl groups excluding tert-OH is 19. The maximum Gasteiger partial charge on any atom is 0.364 e. The van der Waals surface area contributed by atoms with Gasteiger partial charge in [0.15, 0.2) is 25.2 Å². The van der Waals surface area contributed by atoms with E-state index < -0.39 is 296 Å². The van der Waals surface area contributed by atoms with E-state index in [2.05, 4.69) is 47.3 Å². The van der Waals surface area contributed by atoms with Gasteiger partial charge in [-0.1, -0.05) is 192 Å². The lowest BCUT2D eigenvalue weighted by molar-refractivity contribution is -0.391. The molecule has 6 fully saturated rings. The minimum Gasteiger partial charge on any atom is -0.477 e. The second-order valence-electron chi connectivity index (χ2n) is 36.0. The predicted octanol–water partition coefficient (Wildman–Crippen LogP) is -1.75. The fourth-order valence-electron chi connectivity index (χ4n) is 17.7. The average Bonchev–Trinajstić information content (AvgIpc) is 0.748. The number of unbranched alkanes of at least 4 members (excludes halogenated alkanes) is 28. The maximum atomic E-state index is 13.7. The fraction of sp³-hybridized carbons (Fsp3) is 0.889. The summed E-state index contributed by atoms with van der Waals surface area (Å²) in [5.41, 5.74) is 0. The van der Waals surface area contributed by atoms with Crippen LogP contribution in [0.5, 0.6) is 0 Å². The molecule has 34 atom stereocenters. The van der Waals surface area contributed by atoms with Crippen molar-refractivity contribution in [2.75, 3.05) is 46.2 Å². The number of rotatable bonds is 64. The number of hydrogen-bond donors (Lipinski definition) is 25. The fourth-order valence-corrected chi connectivity index (χ4v) is 17.7. The molecule has 12 unspecified atom stereocenters. The molecule has 133 heavy (non-hydrogen) atoms. The van der Waals surface area contributed by atoms with Crippen LogP contribution in [0.2, 0.25) is 0 Å². The molecule has 0 spiro atoms. The summed E-state index contributed by atoms with van der Waals surface area (Å²) in [5.74, 6) is -14.5. The summed E-state index contributed by atoms with van der Waals surface area (Å²) in [6.07, 6.45) is -19.5. The Morgan fingerprint density at radius 2 is 0.789 bits per heavy atom. The standard InChI is InChI=1S/C90H158N4O39/c1-6-8-10-12-14-16-18-20-21-22-23-24-25-26-27-29-31-33-35-37-39-41-64(108)94-54(55(104)40-38-36-34-32-30-28-19-17-15-13-11-9-7-2)50-122-84-74(115)73(114)78(63(49-100)126-84)128-85-75(116)81(69(110)59(45-96)123-85)129-83-67(93-53(5)103)72(113)77(62(48-99)125-83)127-86-76(117)82(70(111)60(46-97)124-86)133-90(88(120)121)43-57(106)66(92-52(4)102)80(132-90)71(112)61(47-98)130-89(87(118)119)42-56(105)65(91-51(3)101)79(131-89)68(109)58(107)44-95/h20-21,38,40,54-63,65-86,95-100,104-107,109-117H,6-19,22-37,39,41-50H2,1-5H3,(H,91,101)(H,92,102)(H,93,103)(H,94,108)(H,118,119)(H,120,121)/b21-20-,40-38+/t54-,55+,56?,57?,58+,59?,60?,61+,62?,63?,65+,66+,67?,68+,69-,70-,71+,72+,73+,74?,75?,76?,77+,78+,79?,80?,81-,82-,83-,84+,85-,86-,89+,90-/m0/s1. The number of carboxylic acids is 2. The van der Waals surface area contributed by atoms with Crippen molar-refractivity contribution in [3.05, 3.63) is 24.3 Å². The average molecular weight is 1920 g/mol. The summed E-state index contributed by atoms with van der Waals surface area (Å²) in [6.45, 7) is -0.506. The van der Waals surface area contributed by atoms with E-state index in [9.17, 15) is 136 Å². The summed E-state index contributed by atoms with van der Waals surface area (Å²) in [5, 5.41) is 247. The Labute approximate surface area is 777 Å². The van der Waals surface area contributed by atoms with Crippen molar-refractivity contribution in [3.8, 4) is 0 Å². The summed E-state index contributed by atoms with van der Waals surface area (Å²) in [4.78, 5) is 78.6. The Balaban J connectivity index is 1.12. The van der Waals surface area contributed by atoms with E-state index >= 15 is 0 Å². The first-order valence-electron chi connectivity index (χ1n) is 47.9. The van der Waals surface area contributed by atoms with Crippen molar-refractivity contribution in [1.82, 2.24) is 21.3 Å². The third kappa shape index (κ3) is 35.7. The number of aliphatic hydroxyl groups is 19. The van der Waals surface area contributed by atoms with Gasteiger partial charge in [0, 0.05) is 40.0 Å². The first kappa shape index (κ1) is 117. The van der Waals surface area contributed by atoms with Gasteiger partial charge in [-0.05, 0) is 44.9 Å². The van der Waals surface area contributed by atoms with E-state index in [1.807, 2.05) is 6.08 Å². The van der Waals surface area contributed by atoms with Crippen LogP contribution in [-0.2, 0) is 85.6 Å². The molecule has 25 N–H and O–H groups in total. The summed E-state index contributed by atoms with van der Waals surface area (Å²) in [6, 6.07) is -6.84. The molecule has 0 aliphatic carbocycles. The molecule has 0 saturated carbocycles. The third-order valence-corrected chi connectivity index (χ3v) is 25.3. The second-order valence-corrected chi connectivity index (χ2v) is 36.0. The number of hydrogen-bond acceptors (Lipinski definition) is 37. The normalized spacial score (nSPS) is 34.1. The molecule has 6 rings (SSSR count). The summed E-state index contributed by atoms with van der Waals surface area (Å²) in [7, 11) is 0. The monoisotopic (exact) mass is 1920 g/mol. The van der Waals surface area contributed by atoms with Crippen LogP contribution in [0.15, 0.2) is 24.3 Å². The smallest absolute Gasteiger partial charge is 0.364 e. The van der Waals surface area contributed by atoms with Gasteiger partial charge in [-0.25, -0.2) is 9.59 Å². The van der Waals surface area contributed by atoms with Crippen LogP contribution in [0.3, 0.4) is 0 Å². The van der Waals surface area contributed by atoms with E-state index in [1.165, 1.54) is 122 Å². The molecular weight excluding hydrogens is 1760 g/mol. The Kier molecular flexibility index (Phi) is 53.5. The highest BCUT2D eigenvalue weighted by molar-refractivity contribution is 5.78. The topological polar surface area (TPSA) is 686 Å². The minimum absolute atomic E-state index is 0.142. The van der Waals surface area contributed by atoms with Gasteiger partial charge in [-0.15, -0.1) is 0 Å². The lowest BCUT2D eigenvalue weighted by Gasteiger charge is -2.52. The number of nitrogens with one attached hydrogen (secondary N) is 4. The van der Waals surface area contributed by atoms with Crippen LogP contribution < -0.4 is 21.3 Å². The highest BCUT2D eigenvalue weighted by Gasteiger charge is 2.64. The van der Waals surface area contributed by atoms with Crippen molar-refractivity contribution in [3.63, 3.8) is 0 Å². The Hall–Kier alpha value is -4.94. The van der Waals surface area contributed by atoms with Crippen molar-refractivity contribution in [1.29, 1.82) is 0 Å². The summed E-state index contributed by atoms with van der Waals surface area (Å²) < 4.78 is 70.7. The zero-order valence-corrected chi connectivity index (χ0v) is 77.5. The van der Waals surface area contributed by atoms with Gasteiger partial charge >= 0.3 is 11.9 Å². The number of carbonyl (C=O) groups is 6. The SMILES string of the molecule is CCCCCCCC/C=C\CCCCCCCCCCCCCC(=O)N[C@@H](CO[C@@H]1OC(CO)[C@@H](O[C@@H]2OC(CO)[C@H](O)[C@H](O[C@@H]3OC(CO)[C@@H](O[C@@H]4OC(CO)[C@H](O)[C@H](O[C@]5(C(=O)O)CC(O)[C@@H](NC(C)=O)C([C@H](O)[C@@H](CO)O[C@]6(C(=O)O)CC(O)[C@@H](NC(C)=O)C([C@H](O)[C@H](O)CO)O6)O5)C4O)[C@H](O)C3NC(C)=O)C2O)[C@H](O)C1O)[C@H](O)/C=C/CCCCCCCCCCCCC. The quantitative estimate of drug-likeness (QED) is 0.0237. The highest BCUT2D eigenvalue weighted by Crippen LogP contribution is 2.42. The van der Waals surface area contributed by atoms with E-state index in [4.69, 9.17) is 56.8 Å². The molecule has 0 aromatic rings. The lowest BCUT2D eigenvalue weighted by Crippen LogP contribution is -2.72. The highest BCUT2D eigenvalue weighted by atomic mass is 16.8. The molecule has 43 nitrogen and oxygen atoms in total. The molecule has 772 valence electrons. The molecule has 4 amide bonds. The predicted molar refractivity (Wildman–Crippen MR) is 467 cm³/mol. The molecule has 6 aliphatic rings. The third-order valence-electron chi connectivity index (χ3n) is 25.3. The molecule has 0 aromatic carbocycles. The van der Waals surface area contributed by atoms with Crippen LogP contribution in [0.4, 0.5) is 0 Å². The zero-order valence-electron chi connectivity index (χ0n) is 77.5. The molecule has 43 heteroatoms. The number of carbonyl (C=O) groups excluding carboxylic acids is 4. The van der Waals surface area contributed by atoms with E-state index in [-0.39, 0.29) is 12.3 Å². The molecule has 0 radical (unpaired) electrons. The van der Waals surface area contributed by atoms with Gasteiger partial charge in [-0.3, -0.25) is 19.2 Å². The Morgan fingerprint density at radius 3 is 1.23 bits per heavy atom. The molecule has 6 aliphatic heterocycles. The molecule has 0 bridgehead atoms. The maximum absolute atomic E-state index is 13.7. The first-order chi connectivity index (χ1) is 63.6. The Morgan fingerprint density at radius 1 is 0.406 bits per heavy atom. The molecule has 6 heterocycles. The van der Waals surface area contributed by atoms with Crippen molar-refractivity contribution in [2.24, 2.45) is 0 Å². The number of aliphatic carboxylic acids is 2. The van der Waals surface area contributed by atoms with Gasteiger partial charge in [0.1, 0.15) is 134 Å². The minimum atomic E-state index is -3.51. The first-order valence-corrected chi connectivity index (χ1v) is 47.9. The van der Waals surface area contributed by atoms with E-state index in [0.717, 1.165) is 85.0 Å². The lowest BCUT2D eigenvalue weighted by atomic mass is 9.87. The van der Waals surface area contributed by atoms with Gasteiger partial charge in [-0.2, -0.15) is 0 Å². The second kappa shape index (κ2) is 60.9. The zero-order chi connectivity index (χ0) is 98.1. The molecule has 6 saturated heterocycles. The van der Waals surface area contributed by atoms with Crippen LogP contribution >= 0.6 is 0 Å². The van der Waals surface area contributed by atoms with Gasteiger partial charge < -0.3 is 185 Å². The number of carboxylic acid groups (broad SMARTS) is 2. The van der Waals surface area contributed by atoms with Crippen LogP contribution in [0.25, 0.3) is 0 Å². The number of ether oxygens (including phenoxy) is 12. The van der Waals surface area contributed by atoms with Crippen LogP contribution in [0, 0.1) is 0 Å². The van der Waals surface area contributed by atoms with Crippen molar-refractivity contribution in [2.45, 2.75) is 460 Å². The Bertz CT molecular complexity index is 3360. The van der Waals surface area contributed by atoms with Gasteiger partial charge in [0.2, 0.25) is 23.6 Å². The van der Waals surface area contributed by atoms with E-state index in [1.54, 1.807) is 6.08 Å².